The topological polar surface area (TPSA) is 45.2 Å². The maximum atomic E-state index is 12.6. The van der Waals surface area contributed by atoms with Gasteiger partial charge in [0.1, 0.15) is 0 Å². The molecular formula is C19H25N3OS. The average molecular weight is 343 g/mol. The smallest absolute Gasteiger partial charge is 0.251 e. The summed E-state index contributed by atoms with van der Waals surface area (Å²) in [5.74, 6) is 0.660. The van der Waals surface area contributed by atoms with Crippen LogP contribution < -0.4 is 5.32 Å². The lowest BCUT2D eigenvalue weighted by molar-refractivity contribution is 0.0575. The molecule has 3 heterocycles. The molecule has 2 aliphatic rings. The fourth-order valence-electron chi connectivity index (χ4n) is 4.32. The largest absolute Gasteiger partial charge is 0.352 e. The first-order valence-electron chi connectivity index (χ1n) is 9.10. The van der Waals surface area contributed by atoms with E-state index in [9.17, 15) is 4.79 Å². The van der Waals surface area contributed by atoms with E-state index in [0.29, 0.717) is 12.0 Å². The molecule has 0 saturated carbocycles. The summed E-state index contributed by atoms with van der Waals surface area (Å²) in [4.78, 5) is 19.7. The molecule has 1 N–H and O–H groups in total. The summed E-state index contributed by atoms with van der Waals surface area (Å²) < 4.78 is 1.09. The molecule has 1 aromatic carbocycles. The molecule has 2 atom stereocenters. The Bertz CT molecular complexity index is 739. The Hall–Kier alpha value is -1.46. The number of thiazole rings is 1. The van der Waals surface area contributed by atoms with Crippen molar-refractivity contribution in [3.05, 3.63) is 28.8 Å². The van der Waals surface area contributed by atoms with Crippen molar-refractivity contribution in [1.82, 2.24) is 15.2 Å². The Morgan fingerprint density at radius 1 is 1.29 bits per heavy atom. The number of rotatable bonds is 3. The van der Waals surface area contributed by atoms with Crippen LogP contribution in [0.4, 0.5) is 0 Å². The van der Waals surface area contributed by atoms with Crippen LogP contribution in [-0.4, -0.2) is 41.5 Å². The zero-order chi connectivity index (χ0) is 16.5. The van der Waals surface area contributed by atoms with E-state index in [1.165, 1.54) is 45.2 Å². The number of benzene rings is 1. The van der Waals surface area contributed by atoms with Crippen molar-refractivity contribution in [2.24, 2.45) is 5.92 Å². The lowest BCUT2D eigenvalue weighted by Crippen LogP contribution is -2.51. The van der Waals surface area contributed by atoms with E-state index in [0.717, 1.165) is 27.3 Å². The number of fused-ring (bicyclic) bond motifs is 2. The third kappa shape index (κ3) is 3.20. The average Bonchev–Trinajstić information content (AvgIpc) is 2.98. The minimum Gasteiger partial charge on any atom is -0.352 e. The number of piperidine rings is 2. The molecule has 0 radical (unpaired) electrons. The number of nitrogens with one attached hydrogen (secondary N) is 1. The molecule has 2 aromatic rings. The highest BCUT2D eigenvalue weighted by Crippen LogP contribution is 2.30. The van der Waals surface area contributed by atoms with Crippen LogP contribution in [0.3, 0.4) is 0 Å². The molecule has 4 rings (SSSR count). The highest BCUT2D eigenvalue weighted by atomic mass is 32.1. The molecule has 2 fully saturated rings. The lowest BCUT2D eigenvalue weighted by atomic mass is 9.83. The maximum absolute atomic E-state index is 12.6. The van der Waals surface area contributed by atoms with Crippen molar-refractivity contribution in [1.29, 1.82) is 0 Å². The van der Waals surface area contributed by atoms with Gasteiger partial charge in [0.15, 0.2) is 0 Å². The molecule has 0 aliphatic carbocycles. The molecule has 4 nitrogen and oxygen atoms in total. The molecule has 1 amide bonds. The third-order valence-electron chi connectivity index (χ3n) is 5.51. The normalized spacial score (nSPS) is 24.7. The molecule has 2 saturated heterocycles. The predicted molar refractivity (Wildman–Crippen MR) is 98.6 cm³/mol. The zero-order valence-corrected chi connectivity index (χ0v) is 15.1. The Morgan fingerprint density at radius 3 is 3.08 bits per heavy atom. The molecule has 0 spiro atoms. The Labute approximate surface area is 147 Å². The van der Waals surface area contributed by atoms with E-state index in [1.807, 2.05) is 25.1 Å². The van der Waals surface area contributed by atoms with Gasteiger partial charge in [-0.05, 0) is 69.8 Å². The minimum absolute atomic E-state index is 0.0517. The van der Waals surface area contributed by atoms with Gasteiger partial charge in [-0.2, -0.15) is 0 Å². The molecule has 0 bridgehead atoms. The molecule has 128 valence electrons. The summed E-state index contributed by atoms with van der Waals surface area (Å²) in [6, 6.07) is 6.50. The van der Waals surface area contributed by atoms with E-state index in [4.69, 9.17) is 0 Å². The van der Waals surface area contributed by atoms with E-state index < -0.39 is 0 Å². The number of aryl methyl sites for hydroxylation is 1. The second-order valence-electron chi connectivity index (χ2n) is 7.13. The van der Waals surface area contributed by atoms with Crippen LogP contribution in [-0.2, 0) is 0 Å². The summed E-state index contributed by atoms with van der Waals surface area (Å²) in [6.45, 7) is 5.30. The van der Waals surface area contributed by atoms with Crippen molar-refractivity contribution >= 4 is 27.5 Å². The molecule has 2 aliphatic heterocycles. The number of carbonyl (C=O) groups is 1. The highest BCUT2D eigenvalue weighted by Gasteiger charge is 2.32. The van der Waals surface area contributed by atoms with Gasteiger partial charge < -0.3 is 10.2 Å². The first-order valence-corrected chi connectivity index (χ1v) is 9.92. The van der Waals surface area contributed by atoms with Gasteiger partial charge >= 0.3 is 0 Å². The quantitative estimate of drug-likeness (QED) is 0.926. The van der Waals surface area contributed by atoms with Crippen molar-refractivity contribution in [2.45, 2.75) is 45.1 Å². The fraction of sp³-hybridized carbons (Fsp3) is 0.579. The molecule has 1 aromatic heterocycles. The summed E-state index contributed by atoms with van der Waals surface area (Å²) in [7, 11) is 0. The van der Waals surface area contributed by atoms with Gasteiger partial charge in [-0.1, -0.05) is 6.42 Å². The van der Waals surface area contributed by atoms with E-state index in [-0.39, 0.29) is 5.91 Å². The van der Waals surface area contributed by atoms with Crippen LogP contribution in [0, 0.1) is 12.8 Å². The molecule has 5 heteroatoms. The van der Waals surface area contributed by atoms with Crippen molar-refractivity contribution in [3.8, 4) is 0 Å². The van der Waals surface area contributed by atoms with Crippen LogP contribution >= 0.6 is 11.3 Å². The van der Waals surface area contributed by atoms with Gasteiger partial charge in [0.2, 0.25) is 0 Å². The summed E-state index contributed by atoms with van der Waals surface area (Å²) in [5, 5.41) is 4.24. The van der Waals surface area contributed by atoms with E-state index >= 15 is 0 Å². The number of nitrogens with zero attached hydrogens (tertiary/aromatic N) is 2. The van der Waals surface area contributed by atoms with Crippen LogP contribution in [0.5, 0.6) is 0 Å². The van der Waals surface area contributed by atoms with Crippen LogP contribution in [0.1, 0.15) is 47.5 Å². The number of amides is 1. The third-order valence-corrected chi connectivity index (χ3v) is 6.44. The van der Waals surface area contributed by atoms with E-state index in [2.05, 4.69) is 15.2 Å². The molecular weight excluding hydrogens is 318 g/mol. The monoisotopic (exact) mass is 343 g/mol. The number of hydrogen-bond acceptors (Lipinski definition) is 4. The van der Waals surface area contributed by atoms with Gasteiger partial charge in [0, 0.05) is 18.2 Å². The first-order chi connectivity index (χ1) is 11.7. The standard InChI is InChI=1S/C19H25N3OS/c1-13-21-16-8-7-14(11-18(16)24-13)19(23)20-12-15-5-4-10-22-9-3-2-6-17(15)22/h7-8,11,15,17H,2-6,9-10,12H2,1H3,(H,20,23)/t15-,17+/m0/s1. The van der Waals surface area contributed by atoms with E-state index in [1.54, 1.807) is 11.3 Å². The second-order valence-corrected chi connectivity index (χ2v) is 8.36. The number of aromatic nitrogens is 1. The van der Waals surface area contributed by atoms with Gasteiger partial charge in [0.05, 0.1) is 15.2 Å². The summed E-state index contributed by atoms with van der Waals surface area (Å²) in [6.07, 6.45) is 6.49. The van der Waals surface area contributed by atoms with Crippen molar-refractivity contribution in [3.63, 3.8) is 0 Å². The summed E-state index contributed by atoms with van der Waals surface area (Å²) in [5.41, 5.74) is 1.74. The number of carbonyl (C=O) groups excluding carboxylic acids is 1. The Morgan fingerprint density at radius 2 is 2.17 bits per heavy atom. The van der Waals surface area contributed by atoms with Crippen LogP contribution in [0.15, 0.2) is 18.2 Å². The predicted octanol–water partition coefficient (Wildman–Crippen LogP) is 3.60. The fourth-order valence-corrected chi connectivity index (χ4v) is 5.19. The van der Waals surface area contributed by atoms with Crippen LogP contribution in [0.2, 0.25) is 0 Å². The van der Waals surface area contributed by atoms with Crippen LogP contribution in [0.25, 0.3) is 10.2 Å². The van der Waals surface area contributed by atoms with Crippen molar-refractivity contribution in [2.75, 3.05) is 19.6 Å². The Kier molecular flexibility index (Phi) is 4.55. The molecule has 24 heavy (non-hydrogen) atoms. The van der Waals surface area contributed by atoms with Gasteiger partial charge in [-0.15, -0.1) is 11.3 Å². The summed E-state index contributed by atoms with van der Waals surface area (Å²) >= 11 is 1.65. The van der Waals surface area contributed by atoms with Gasteiger partial charge in [-0.25, -0.2) is 4.98 Å². The van der Waals surface area contributed by atoms with Crippen molar-refractivity contribution < 1.29 is 4.79 Å². The molecule has 0 unspecified atom stereocenters. The zero-order valence-electron chi connectivity index (χ0n) is 14.3. The SMILES string of the molecule is Cc1nc2ccc(C(=O)NC[C@@H]3CCCN4CCCC[C@H]34)cc2s1. The Balaban J connectivity index is 1.41. The van der Waals surface area contributed by atoms with Gasteiger partial charge in [-0.3, -0.25) is 4.79 Å². The minimum atomic E-state index is 0.0517. The number of hydrogen-bond donors (Lipinski definition) is 1. The lowest BCUT2D eigenvalue weighted by Gasteiger charge is -2.44. The second kappa shape index (κ2) is 6.81. The highest BCUT2D eigenvalue weighted by molar-refractivity contribution is 7.18. The first kappa shape index (κ1) is 16.0. The van der Waals surface area contributed by atoms with Gasteiger partial charge in [0.25, 0.3) is 5.91 Å². The maximum Gasteiger partial charge on any atom is 0.251 e.